The minimum atomic E-state index is -0.483. The van der Waals surface area contributed by atoms with Crippen molar-refractivity contribution in [3.8, 4) is 0 Å². The zero-order valence-electron chi connectivity index (χ0n) is 12.5. The molecular weight excluding hydrogens is 266 g/mol. The van der Waals surface area contributed by atoms with E-state index >= 15 is 0 Å². The van der Waals surface area contributed by atoms with Crippen molar-refractivity contribution >= 4 is 45.8 Å². The van der Waals surface area contributed by atoms with Crippen LogP contribution >= 0.6 is 7.92 Å². The van der Waals surface area contributed by atoms with Gasteiger partial charge in [-0.1, -0.05) is 0 Å². The fourth-order valence-electron chi connectivity index (χ4n) is 2.54. The molecule has 0 aliphatic rings. The van der Waals surface area contributed by atoms with E-state index in [1.807, 2.05) is 0 Å². The van der Waals surface area contributed by atoms with Gasteiger partial charge in [-0.05, 0) is 0 Å². The molecule has 0 aliphatic carbocycles. The fourth-order valence-corrected chi connectivity index (χ4v) is 5.10. The Morgan fingerprint density at radius 2 is 1.24 bits per heavy atom. The third kappa shape index (κ3) is 3.30. The zero-order valence-corrected chi connectivity index (χ0v) is 13.3. The van der Waals surface area contributed by atoms with Gasteiger partial charge in [0.2, 0.25) is 0 Å². The Labute approximate surface area is 137 Å². The van der Waals surface area contributed by atoms with Crippen LogP contribution in [0, 0.1) is 6.92 Å². The van der Waals surface area contributed by atoms with Gasteiger partial charge in [0.15, 0.2) is 0 Å². The van der Waals surface area contributed by atoms with E-state index < -0.39 is 7.92 Å². The predicted octanol–water partition coefficient (Wildman–Crippen LogP) is 2.55. The van der Waals surface area contributed by atoms with E-state index in [4.69, 9.17) is 0 Å². The van der Waals surface area contributed by atoms with Crippen molar-refractivity contribution < 1.29 is 0 Å². The molecule has 0 saturated carbocycles. The van der Waals surface area contributed by atoms with Crippen molar-refractivity contribution in [1.29, 1.82) is 0 Å². The summed E-state index contributed by atoms with van der Waals surface area (Å²) in [5.41, 5.74) is 1.33. The van der Waals surface area contributed by atoms with Gasteiger partial charge >= 0.3 is 137 Å². The predicted molar refractivity (Wildman–Crippen MR) is 95.3 cm³/mol. The molecule has 3 aromatic carbocycles. The first kappa shape index (κ1) is 14.6. The summed E-state index contributed by atoms with van der Waals surface area (Å²) >= 11 is 2.22. The third-order valence-corrected chi connectivity index (χ3v) is 6.23. The minimum absolute atomic E-state index is 0.483. The Bertz CT molecular complexity index is 684. The Kier molecular flexibility index (Phi) is 4.62. The molecule has 0 bridgehead atoms. The van der Waals surface area contributed by atoms with Crippen LogP contribution in [0.5, 0.6) is 0 Å². The molecule has 0 radical (unpaired) electrons. The van der Waals surface area contributed by atoms with Crippen LogP contribution in [-0.4, -0.2) is 17.7 Å². The number of hydrogen-bond acceptors (Lipinski definition) is 0. The molecule has 0 amide bonds. The van der Waals surface area contributed by atoms with Crippen LogP contribution in [0.2, 0.25) is 0 Å². The van der Waals surface area contributed by atoms with Crippen LogP contribution in [0.4, 0.5) is 0 Å². The maximum atomic E-state index is 2.35. The third-order valence-electron chi connectivity index (χ3n) is 3.63. The Morgan fingerprint density at radius 1 is 0.714 bits per heavy atom. The molecule has 21 heavy (non-hydrogen) atoms. The summed E-state index contributed by atoms with van der Waals surface area (Å²) in [6, 6.07) is 28.5. The van der Waals surface area contributed by atoms with Crippen LogP contribution in [0.1, 0.15) is 5.56 Å². The molecule has 0 N–H and O–H groups in total. The van der Waals surface area contributed by atoms with Gasteiger partial charge in [0, 0.05) is 0 Å². The van der Waals surface area contributed by atoms with Crippen LogP contribution < -0.4 is 20.2 Å². The summed E-state index contributed by atoms with van der Waals surface area (Å²) in [5, 5.41) is 4.28. The second-order valence-corrected chi connectivity index (χ2v) is 7.48. The van der Waals surface area contributed by atoms with Crippen LogP contribution in [0.15, 0.2) is 78.9 Å². The van der Waals surface area contributed by atoms with Crippen molar-refractivity contribution in [3.05, 3.63) is 84.4 Å². The van der Waals surface area contributed by atoms with E-state index in [2.05, 4.69) is 104 Å². The van der Waals surface area contributed by atoms with Gasteiger partial charge in [-0.25, -0.2) is 0 Å². The van der Waals surface area contributed by atoms with Crippen molar-refractivity contribution in [1.82, 2.24) is 0 Å². The molecule has 0 saturated heterocycles. The molecule has 0 fully saturated rings. The Balaban J connectivity index is 2.20. The van der Waals surface area contributed by atoms with Crippen LogP contribution in [0.3, 0.4) is 0 Å². The van der Waals surface area contributed by atoms with E-state index in [1.54, 1.807) is 0 Å². The second-order valence-electron chi connectivity index (χ2n) is 5.30. The number of hydrogen-bond donors (Lipinski definition) is 0. The molecule has 3 aromatic rings. The monoisotopic (exact) mass is 282 g/mol. The summed E-state index contributed by atoms with van der Waals surface area (Å²) in [7, 11) is -0.483. The van der Waals surface area contributed by atoms with Gasteiger partial charge in [-0.15, -0.1) is 0 Å². The van der Waals surface area contributed by atoms with Gasteiger partial charge in [0.05, 0.1) is 0 Å². The Morgan fingerprint density at radius 3 is 1.76 bits per heavy atom. The molecular formula is C19H16LiP. The van der Waals surface area contributed by atoms with E-state index in [9.17, 15) is 0 Å². The van der Waals surface area contributed by atoms with Crippen LogP contribution in [-0.2, 0) is 0 Å². The van der Waals surface area contributed by atoms with Crippen molar-refractivity contribution in [3.63, 3.8) is 0 Å². The summed E-state index contributed by atoms with van der Waals surface area (Å²) in [6.07, 6.45) is 0. The average Bonchev–Trinajstić information content (AvgIpc) is 2.53. The number of rotatable bonds is 3. The van der Waals surface area contributed by atoms with E-state index in [-0.39, 0.29) is 0 Å². The first-order valence-corrected chi connectivity index (χ1v) is 8.57. The van der Waals surface area contributed by atoms with Crippen LogP contribution in [0.25, 0.3) is 0 Å². The number of benzene rings is 3. The van der Waals surface area contributed by atoms with Crippen molar-refractivity contribution in [2.24, 2.45) is 0 Å². The van der Waals surface area contributed by atoms with Gasteiger partial charge in [0.1, 0.15) is 0 Å². The molecule has 0 nitrogen and oxygen atoms in total. The maximum absolute atomic E-state index is 2.35. The Hall–Kier alpha value is -1.31. The molecule has 0 atom stereocenters. The number of aryl methyl sites for hydroxylation is 1. The average molecular weight is 282 g/mol. The first-order valence-electron chi connectivity index (χ1n) is 7.23. The summed E-state index contributed by atoms with van der Waals surface area (Å²) in [6.45, 7) is 2.17. The molecule has 0 unspecified atom stereocenters. The molecule has 0 heterocycles. The van der Waals surface area contributed by atoms with Crippen molar-refractivity contribution in [2.45, 2.75) is 6.92 Å². The normalized spacial score (nSPS) is 10.9. The second kappa shape index (κ2) is 6.63. The van der Waals surface area contributed by atoms with E-state index in [0.29, 0.717) is 0 Å². The summed E-state index contributed by atoms with van der Waals surface area (Å²) in [5.74, 6) is 0. The van der Waals surface area contributed by atoms with E-state index in [0.717, 1.165) is 0 Å². The SMILES string of the molecule is [Li][c]1ccc(C)cc1P(c1ccccc1)c1ccccc1. The molecule has 98 valence electrons. The molecule has 0 spiro atoms. The van der Waals surface area contributed by atoms with Gasteiger partial charge < -0.3 is 0 Å². The van der Waals surface area contributed by atoms with Gasteiger partial charge in [-0.3, -0.25) is 0 Å². The van der Waals surface area contributed by atoms with E-state index in [1.165, 1.54) is 25.7 Å². The van der Waals surface area contributed by atoms with Gasteiger partial charge in [0.25, 0.3) is 0 Å². The zero-order chi connectivity index (χ0) is 14.7. The first-order chi connectivity index (χ1) is 10.3. The summed E-state index contributed by atoms with van der Waals surface area (Å²) < 4.78 is 1.37. The van der Waals surface area contributed by atoms with Gasteiger partial charge in [-0.2, -0.15) is 0 Å². The summed E-state index contributed by atoms with van der Waals surface area (Å²) in [4.78, 5) is 0. The quantitative estimate of drug-likeness (QED) is 0.511. The molecule has 0 aliphatic heterocycles. The van der Waals surface area contributed by atoms with Crippen molar-refractivity contribution in [2.75, 3.05) is 0 Å². The fraction of sp³-hybridized carbons (Fsp3) is 0.0526. The molecule has 3 rings (SSSR count). The topological polar surface area (TPSA) is 0 Å². The standard InChI is InChI=1S/C19H16P.Li/c1-16-9-8-14-19(15-16)20(17-10-4-2-5-11-17)18-12-6-3-7-13-18;/h2-13,15H,1H3;. The molecule has 0 aromatic heterocycles. The molecule has 2 heteroatoms.